The molecule has 2 heterocycles. The van der Waals surface area contributed by atoms with Gasteiger partial charge in [-0.1, -0.05) is 29.8 Å². The van der Waals surface area contributed by atoms with Gasteiger partial charge in [-0.15, -0.1) is 0 Å². The zero-order valence-electron chi connectivity index (χ0n) is 23.6. The summed E-state index contributed by atoms with van der Waals surface area (Å²) in [6, 6.07) is 10.9. The van der Waals surface area contributed by atoms with E-state index in [0.717, 1.165) is 56.4 Å². The van der Waals surface area contributed by atoms with Crippen LogP contribution in [0.4, 0.5) is 5.69 Å². The number of carbonyl (C=O) groups excluding carboxylic acids is 1. The summed E-state index contributed by atoms with van der Waals surface area (Å²) >= 11 is 6.30. The molecule has 0 unspecified atom stereocenters. The third-order valence-corrected chi connectivity index (χ3v) is 10.8. The van der Waals surface area contributed by atoms with E-state index in [4.69, 9.17) is 21.1 Å². The molecule has 3 aliphatic rings. The van der Waals surface area contributed by atoms with Crippen LogP contribution in [-0.2, 0) is 27.8 Å². The maximum atomic E-state index is 13.2. The number of hydrogen-bond donors (Lipinski definition) is 2. The van der Waals surface area contributed by atoms with Gasteiger partial charge in [-0.25, -0.2) is 13.1 Å². The molecule has 0 aromatic heterocycles. The average Bonchev–Trinajstić information content (AvgIpc) is 2.96. The molecule has 10 heteroatoms. The highest BCUT2D eigenvalue weighted by Crippen LogP contribution is 2.41. The van der Waals surface area contributed by atoms with E-state index >= 15 is 0 Å². The maximum absolute atomic E-state index is 13.2. The van der Waals surface area contributed by atoms with Crippen molar-refractivity contribution in [3.8, 4) is 5.75 Å². The first-order valence-electron chi connectivity index (χ1n) is 14.4. The van der Waals surface area contributed by atoms with Gasteiger partial charge in [-0.05, 0) is 98.7 Å². The molecule has 1 aliphatic carbocycles. The molecule has 1 saturated carbocycles. The molecular formula is C31H39ClN2O6S. The van der Waals surface area contributed by atoms with Crippen LogP contribution in [0.3, 0.4) is 0 Å². The zero-order chi connectivity index (χ0) is 29.1. The Morgan fingerprint density at radius 3 is 2.71 bits per heavy atom. The van der Waals surface area contributed by atoms with Crippen LogP contribution in [-0.4, -0.2) is 57.1 Å². The highest BCUT2D eigenvalue weighted by molar-refractivity contribution is 7.90. The summed E-state index contributed by atoms with van der Waals surface area (Å²) in [5.74, 6) is 0.567. The minimum atomic E-state index is -4.13. The molecule has 0 radical (unpaired) electrons. The number of methoxy groups -OCH3 is 1. The van der Waals surface area contributed by atoms with Crippen LogP contribution in [0.2, 0.25) is 5.02 Å². The Bertz CT molecular complexity index is 1400. The molecule has 0 spiro atoms. The van der Waals surface area contributed by atoms with Crippen LogP contribution in [0, 0.1) is 11.8 Å². The Labute approximate surface area is 247 Å². The molecule has 2 aliphatic heterocycles. The zero-order valence-corrected chi connectivity index (χ0v) is 25.2. The number of hydrogen-bond acceptors (Lipinski definition) is 7. The maximum Gasteiger partial charge on any atom is 0.264 e. The molecule has 2 aromatic carbocycles. The Hall–Kier alpha value is -2.59. The second kappa shape index (κ2) is 12.7. The summed E-state index contributed by atoms with van der Waals surface area (Å²) in [5.41, 5.74) is 3.22. The lowest BCUT2D eigenvalue weighted by Crippen LogP contribution is -2.44. The first-order valence-corrected chi connectivity index (χ1v) is 16.3. The third kappa shape index (κ3) is 6.74. The van der Waals surface area contributed by atoms with Crippen LogP contribution in [0.25, 0.3) is 0 Å². The van der Waals surface area contributed by atoms with Crippen molar-refractivity contribution in [3.05, 3.63) is 70.3 Å². The number of aryl methyl sites for hydroxylation is 1. The van der Waals surface area contributed by atoms with Gasteiger partial charge in [0.1, 0.15) is 17.6 Å². The van der Waals surface area contributed by atoms with E-state index in [-0.39, 0.29) is 18.1 Å². The number of benzene rings is 2. The van der Waals surface area contributed by atoms with Crippen molar-refractivity contribution in [1.29, 1.82) is 0 Å². The highest BCUT2D eigenvalue weighted by atomic mass is 35.5. The minimum Gasteiger partial charge on any atom is -0.487 e. The number of nitrogens with one attached hydrogen (secondary N) is 1. The first kappa shape index (κ1) is 29.9. The van der Waals surface area contributed by atoms with Gasteiger partial charge in [0.05, 0.1) is 17.9 Å². The van der Waals surface area contributed by atoms with E-state index in [1.54, 1.807) is 31.4 Å². The highest BCUT2D eigenvalue weighted by Gasteiger charge is 2.38. The van der Waals surface area contributed by atoms with Gasteiger partial charge in [-0.2, -0.15) is 0 Å². The number of anilines is 1. The van der Waals surface area contributed by atoms with E-state index in [1.807, 2.05) is 24.3 Å². The molecule has 5 rings (SSSR count). The van der Waals surface area contributed by atoms with E-state index in [0.29, 0.717) is 29.2 Å². The molecule has 1 fully saturated rings. The van der Waals surface area contributed by atoms with Crippen LogP contribution < -0.4 is 14.4 Å². The largest absolute Gasteiger partial charge is 0.487 e. The third-order valence-electron chi connectivity index (χ3n) is 8.83. The van der Waals surface area contributed by atoms with Gasteiger partial charge in [0.15, 0.2) is 0 Å². The van der Waals surface area contributed by atoms with Crippen molar-refractivity contribution < 1.29 is 27.8 Å². The van der Waals surface area contributed by atoms with Crippen LogP contribution >= 0.6 is 11.6 Å². The van der Waals surface area contributed by atoms with Gasteiger partial charge < -0.3 is 19.5 Å². The van der Waals surface area contributed by atoms with Crippen LogP contribution in [0.1, 0.15) is 60.5 Å². The van der Waals surface area contributed by atoms with E-state index < -0.39 is 27.3 Å². The smallest absolute Gasteiger partial charge is 0.264 e. The van der Waals surface area contributed by atoms with E-state index in [1.165, 1.54) is 12.5 Å². The minimum absolute atomic E-state index is 0.134. The normalized spacial score (nSPS) is 29.4. The number of amides is 1. The van der Waals surface area contributed by atoms with Crippen molar-refractivity contribution in [2.24, 2.45) is 11.8 Å². The summed E-state index contributed by atoms with van der Waals surface area (Å²) < 4.78 is 40.4. The van der Waals surface area contributed by atoms with E-state index in [9.17, 15) is 18.3 Å². The summed E-state index contributed by atoms with van der Waals surface area (Å²) in [5, 5.41) is 10.1. The van der Waals surface area contributed by atoms with Crippen molar-refractivity contribution in [2.75, 3.05) is 25.1 Å². The number of nitrogens with zero attached hydrogens (tertiary/aromatic N) is 1. The van der Waals surface area contributed by atoms with Gasteiger partial charge in [0, 0.05) is 30.8 Å². The van der Waals surface area contributed by atoms with Crippen molar-refractivity contribution >= 4 is 33.2 Å². The Morgan fingerprint density at radius 1 is 1.12 bits per heavy atom. The lowest BCUT2D eigenvalue weighted by molar-refractivity contribution is 0.0133. The number of aliphatic hydroxyl groups excluding tert-OH is 1. The van der Waals surface area contributed by atoms with Gasteiger partial charge >= 0.3 is 0 Å². The fourth-order valence-electron chi connectivity index (χ4n) is 6.04. The number of aliphatic hydroxyl groups is 1. The number of rotatable bonds is 1. The first-order chi connectivity index (χ1) is 19.7. The Balaban J connectivity index is 1.55. The number of carbonyl (C=O) groups is 1. The summed E-state index contributed by atoms with van der Waals surface area (Å²) in [7, 11) is -2.44. The average molecular weight is 603 g/mol. The second-order valence-electron chi connectivity index (χ2n) is 11.4. The predicted octanol–water partition coefficient (Wildman–Crippen LogP) is 4.87. The lowest BCUT2D eigenvalue weighted by atomic mass is 9.70. The van der Waals surface area contributed by atoms with E-state index in [2.05, 4.69) is 9.62 Å². The topological polar surface area (TPSA) is 105 Å². The Kier molecular flexibility index (Phi) is 9.28. The summed E-state index contributed by atoms with van der Waals surface area (Å²) in [6.45, 7) is 3.28. The number of halogens is 1. The standard InChI is InChI=1S/C31H39ClN2O6S/c1-20-28(35)7-5-8-29(39-2)26-13-10-23(26)18-34-15-4-3-6-21-16-25(32)12-9-24(21)19-40-30-14-11-22(17-27(30)34)31(36)33-41(20,37)38/h5,8-9,11-12,14,16-17,20,23,26,28-29,35H,3-4,6-7,10,13,15,18-19H2,1-2H3,(H,33,36)/b8-5+/t20-,23+,26-,28+,29+/m1/s1. The van der Waals surface area contributed by atoms with Gasteiger partial charge in [-0.3, -0.25) is 4.79 Å². The quantitative estimate of drug-likeness (QED) is 0.449. The molecular weight excluding hydrogens is 564 g/mol. The van der Waals surface area contributed by atoms with Gasteiger partial charge in [0.2, 0.25) is 10.0 Å². The molecule has 2 bridgehead atoms. The SMILES string of the molecule is CO[C@H]1/C=C/C[C@H](O)[C@@H](C)S(=O)(=O)NC(=O)c2ccc3c(c2)N(CCCCc2cc(Cl)ccc2CO3)C[C@@H]2CC[C@H]21. The monoisotopic (exact) mass is 602 g/mol. The predicted molar refractivity (Wildman–Crippen MR) is 160 cm³/mol. The molecule has 2 N–H and O–H groups in total. The Morgan fingerprint density at radius 2 is 1.95 bits per heavy atom. The van der Waals surface area contributed by atoms with Crippen LogP contribution in [0.5, 0.6) is 5.75 Å². The van der Waals surface area contributed by atoms with Crippen LogP contribution in [0.15, 0.2) is 48.6 Å². The number of sulfonamides is 1. The fourth-order valence-corrected chi connectivity index (χ4v) is 7.33. The molecule has 8 nitrogen and oxygen atoms in total. The fraction of sp³-hybridized carbons (Fsp3) is 0.516. The lowest BCUT2D eigenvalue weighted by Gasteiger charge is -2.43. The number of fused-ring (bicyclic) bond motifs is 3. The molecule has 2 aromatic rings. The summed E-state index contributed by atoms with van der Waals surface area (Å²) in [6.07, 6.45) is 7.44. The molecule has 0 saturated heterocycles. The van der Waals surface area contributed by atoms with Gasteiger partial charge in [0.25, 0.3) is 5.91 Å². The van der Waals surface area contributed by atoms with Crippen molar-refractivity contribution in [2.45, 2.75) is 69.5 Å². The molecule has 1 amide bonds. The van der Waals surface area contributed by atoms with Crippen molar-refractivity contribution in [3.63, 3.8) is 0 Å². The molecule has 5 atom stereocenters. The summed E-state index contributed by atoms with van der Waals surface area (Å²) in [4.78, 5) is 15.5. The molecule has 41 heavy (non-hydrogen) atoms. The second-order valence-corrected chi connectivity index (χ2v) is 13.9. The molecule has 222 valence electrons. The van der Waals surface area contributed by atoms with Crippen molar-refractivity contribution in [1.82, 2.24) is 4.72 Å². The number of ether oxygens (including phenoxy) is 2.